The van der Waals surface area contributed by atoms with Crippen LogP contribution in [0.1, 0.15) is 17.5 Å². The van der Waals surface area contributed by atoms with Gasteiger partial charge in [0.15, 0.2) is 0 Å². The number of fused-ring (bicyclic) bond motifs is 2. The lowest BCUT2D eigenvalue weighted by atomic mass is 9.92. The lowest BCUT2D eigenvalue weighted by molar-refractivity contribution is -0.142. The Morgan fingerprint density at radius 2 is 2.20 bits per heavy atom. The topological polar surface area (TPSA) is 86.7 Å². The fourth-order valence-electron chi connectivity index (χ4n) is 2.92. The highest BCUT2D eigenvalue weighted by Gasteiger charge is 2.56. The van der Waals surface area contributed by atoms with E-state index in [9.17, 15) is 18.8 Å². The fourth-order valence-corrected chi connectivity index (χ4v) is 2.92. The standard InChI is InChI=1S/C13H11FN2O4/c14-9-3-1-2-8-7(9)4-5-13(8)11(19)16(6-10(17)18)12(20)15-13/h1-3H,4-6H2,(H,15,20)(H,17,18). The Bertz CT molecular complexity index is 645. The molecule has 7 heteroatoms. The number of hydrogen-bond acceptors (Lipinski definition) is 3. The van der Waals surface area contributed by atoms with Crippen LogP contribution in [0.25, 0.3) is 0 Å². The van der Waals surface area contributed by atoms with E-state index in [1.54, 1.807) is 6.07 Å². The third kappa shape index (κ3) is 1.52. The second-order valence-electron chi connectivity index (χ2n) is 4.89. The molecule has 0 radical (unpaired) electrons. The summed E-state index contributed by atoms with van der Waals surface area (Å²) in [6, 6.07) is 3.61. The molecular formula is C13H11FN2O4. The van der Waals surface area contributed by atoms with Crippen molar-refractivity contribution in [3.63, 3.8) is 0 Å². The van der Waals surface area contributed by atoms with Crippen LogP contribution in [0.3, 0.4) is 0 Å². The van der Waals surface area contributed by atoms with E-state index in [-0.39, 0.29) is 6.42 Å². The molecule has 1 aliphatic carbocycles. The predicted octanol–water partition coefficient (Wildman–Crippen LogP) is 0.604. The molecule has 3 rings (SSSR count). The number of benzene rings is 1. The first-order valence-electron chi connectivity index (χ1n) is 6.09. The van der Waals surface area contributed by atoms with Crippen LogP contribution in [0.2, 0.25) is 0 Å². The number of carbonyl (C=O) groups is 3. The summed E-state index contributed by atoms with van der Waals surface area (Å²) in [7, 11) is 0. The molecule has 1 aliphatic heterocycles. The van der Waals surface area contributed by atoms with Gasteiger partial charge in [-0.3, -0.25) is 14.5 Å². The molecule has 0 saturated carbocycles. The van der Waals surface area contributed by atoms with Gasteiger partial charge in [-0.25, -0.2) is 9.18 Å². The average molecular weight is 278 g/mol. The number of urea groups is 1. The molecule has 3 amide bonds. The first kappa shape index (κ1) is 12.6. The van der Waals surface area contributed by atoms with E-state index >= 15 is 0 Å². The average Bonchev–Trinajstić information content (AvgIpc) is 2.86. The maximum atomic E-state index is 13.7. The minimum atomic E-state index is -1.32. The minimum Gasteiger partial charge on any atom is -0.480 e. The molecule has 1 saturated heterocycles. The number of aliphatic carboxylic acids is 1. The van der Waals surface area contributed by atoms with Crippen molar-refractivity contribution in [3.8, 4) is 0 Å². The van der Waals surface area contributed by atoms with Gasteiger partial charge >= 0.3 is 12.0 Å². The lowest BCUT2D eigenvalue weighted by Gasteiger charge is -2.21. The number of nitrogens with zero attached hydrogens (tertiary/aromatic N) is 1. The number of carboxylic acid groups (broad SMARTS) is 1. The van der Waals surface area contributed by atoms with Gasteiger partial charge in [-0.2, -0.15) is 0 Å². The maximum absolute atomic E-state index is 13.7. The van der Waals surface area contributed by atoms with Crippen molar-refractivity contribution in [2.75, 3.05) is 6.54 Å². The van der Waals surface area contributed by atoms with E-state index in [0.29, 0.717) is 22.4 Å². The van der Waals surface area contributed by atoms with Gasteiger partial charge < -0.3 is 10.4 Å². The number of imide groups is 1. The number of hydrogen-bond donors (Lipinski definition) is 2. The highest BCUT2D eigenvalue weighted by atomic mass is 19.1. The molecule has 1 aromatic rings. The van der Waals surface area contributed by atoms with Crippen LogP contribution in [0, 0.1) is 5.82 Å². The number of halogens is 1. The molecular weight excluding hydrogens is 267 g/mol. The Hall–Kier alpha value is -2.44. The Morgan fingerprint density at radius 3 is 2.90 bits per heavy atom. The molecule has 0 bridgehead atoms. The quantitative estimate of drug-likeness (QED) is 0.776. The number of nitrogens with one attached hydrogen (secondary N) is 1. The zero-order valence-electron chi connectivity index (χ0n) is 10.4. The highest BCUT2D eigenvalue weighted by Crippen LogP contribution is 2.42. The number of rotatable bonds is 2. The van der Waals surface area contributed by atoms with Crippen LogP contribution in [0.4, 0.5) is 9.18 Å². The van der Waals surface area contributed by atoms with Crippen molar-refractivity contribution in [2.45, 2.75) is 18.4 Å². The Labute approximate surface area is 113 Å². The molecule has 1 spiro atoms. The van der Waals surface area contributed by atoms with Gasteiger partial charge in [0, 0.05) is 0 Å². The summed E-state index contributed by atoms with van der Waals surface area (Å²) in [5, 5.41) is 11.3. The third-order valence-corrected chi connectivity index (χ3v) is 3.80. The van der Waals surface area contributed by atoms with Crippen LogP contribution in [0.5, 0.6) is 0 Å². The largest absolute Gasteiger partial charge is 0.480 e. The predicted molar refractivity (Wildman–Crippen MR) is 64.3 cm³/mol. The Balaban J connectivity index is 2.05. The fraction of sp³-hybridized carbons (Fsp3) is 0.308. The number of carboxylic acids is 1. The van der Waals surface area contributed by atoms with Gasteiger partial charge in [0.25, 0.3) is 5.91 Å². The summed E-state index contributed by atoms with van der Waals surface area (Å²) in [4.78, 5) is 35.6. The molecule has 2 N–H and O–H groups in total. The van der Waals surface area contributed by atoms with Crippen molar-refractivity contribution in [1.29, 1.82) is 0 Å². The van der Waals surface area contributed by atoms with Gasteiger partial charge in [0.2, 0.25) is 0 Å². The summed E-state index contributed by atoms with van der Waals surface area (Å²) in [6.45, 7) is -0.697. The number of carbonyl (C=O) groups excluding carboxylic acids is 2. The lowest BCUT2D eigenvalue weighted by Crippen LogP contribution is -2.42. The van der Waals surface area contributed by atoms with Gasteiger partial charge in [0.05, 0.1) is 0 Å². The molecule has 1 unspecified atom stereocenters. The molecule has 2 aliphatic rings. The third-order valence-electron chi connectivity index (χ3n) is 3.80. The molecule has 1 fully saturated rings. The van der Waals surface area contributed by atoms with Gasteiger partial charge in [-0.1, -0.05) is 12.1 Å². The second kappa shape index (κ2) is 4.03. The summed E-state index contributed by atoms with van der Waals surface area (Å²) in [6.07, 6.45) is 0.568. The molecule has 0 aromatic heterocycles. The maximum Gasteiger partial charge on any atom is 0.325 e. The molecule has 6 nitrogen and oxygen atoms in total. The van der Waals surface area contributed by atoms with E-state index in [1.807, 2.05) is 0 Å². The first-order valence-corrected chi connectivity index (χ1v) is 6.09. The summed E-state index contributed by atoms with van der Waals surface area (Å²) < 4.78 is 13.7. The molecule has 1 atom stereocenters. The zero-order chi connectivity index (χ0) is 14.5. The van der Waals surface area contributed by atoms with E-state index in [4.69, 9.17) is 5.11 Å². The zero-order valence-corrected chi connectivity index (χ0v) is 10.4. The molecule has 20 heavy (non-hydrogen) atoms. The van der Waals surface area contributed by atoms with Gasteiger partial charge in [-0.15, -0.1) is 0 Å². The van der Waals surface area contributed by atoms with Crippen LogP contribution in [-0.4, -0.2) is 34.5 Å². The monoisotopic (exact) mass is 278 g/mol. The molecule has 1 heterocycles. The van der Waals surface area contributed by atoms with Crippen LogP contribution in [0.15, 0.2) is 18.2 Å². The van der Waals surface area contributed by atoms with E-state index in [0.717, 1.165) is 0 Å². The summed E-state index contributed by atoms with van der Waals surface area (Å²) >= 11 is 0. The van der Waals surface area contributed by atoms with Crippen molar-refractivity contribution < 1.29 is 23.9 Å². The highest BCUT2D eigenvalue weighted by molar-refractivity contribution is 6.09. The summed E-state index contributed by atoms with van der Waals surface area (Å²) in [5.41, 5.74) is -0.494. The van der Waals surface area contributed by atoms with E-state index in [1.165, 1.54) is 12.1 Å². The van der Waals surface area contributed by atoms with Crippen LogP contribution >= 0.6 is 0 Å². The van der Waals surface area contributed by atoms with Crippen molar-refractivity contribution in [2.24, 2.45) is 0 Å². The molecule has 1 aromatic carbocycles. The van der Waals surface area contributed by atoms with Crippen LogP contribution in [-0.2, 0) is 21.5 Å². The van der Waals surface area contributed by atoms with Crippen molar-refractivity contribution in [1.82, 2.24) is 10.2 Å². The van der Waals surface area contributed by atoms with E-state index < -0.39 is 35.8 Å². The minimum absolute atomic E-state index is 0.240. The normalized spacial score (nSPS) is 24.1. The SMILES string of the molecule is O=C(O)CN1C(=O)NC2(CCc3c(F)cccc32)C1=O. The van der Waals surface area contributed by atoms with Crippen LogP contribution < -0.4 is 5.32 Å². The van der Waals surface area contributed by atoms with E-state index in [2.05, 4.69) is 5.32 Å². The van der Waals surface area contributed by atoms with Gasteiger partial charge in [-0.05, 0) is 30.0 Å². The Morgan fingerprint density at radius 1 is 1.45 bits per heavy atom. The second-order valence-corrected chi connectivity index (χ2v) is 4.89. The summed E-state index contributed by atoms with van der Waals surface area (Å²) in [5.74, 6) is -2.32. The van der Waals surface area contributed by atoms with Crippen molar-refractivity contribution >= 4 is 17.9 Å². The molecule has 104 valence electrons. The first-order chi connectivity index (χ1) is 9.45. The van der Waals surface area contributed by atoms with Gasteiger partial charge in [0.1, 0.15) is 17.9 Å². The smallest absolute Gasteiger partial charge is 0.325 e. The van der Waals surface area contributed by atoms with Crippen molar-refractivity contribution in [3.05, 3.63) is 35.1 Å². The number of amides is 3. The Kier molecular flexibility index (Phi) is 2.53.